The van der Waals surface area contributed by atoms with Gasteiger partial charge in [0.2, 0.25) is 0 Å². The fraction of sp³-hybridized carbons (Fsp3) is 0.643. The van der Waals surface area contributed by atoms with E-state index in [0.29, 0.717) is 0 Å². The van der Waals surface area contributed by atoms with Crippen LogP contribution < -0.4 is 5.32 Å². The first-order valence-electron chi connectivity index (χ1n) is 6.91. The molecule has 1 fully saturated rings. The minimum Gasteiger partial charge on any atom is -0.314 e. The van der Waals surface area contributed by atoms with Crippen molar-refractivity contribution in [2.24, 2.45) is 0 Å². The topological polar surface area (TPSA) is 28.2 Å². The lowest BCUT2D eigenvalue weighted by Gasteiger charge is -2.35. The zero-order valence-electron chi connectivity index (χ0n) is 12.4. The molecule has 0 unspecified atom stereocenters. The number of pyridine rings is 1. The number of aromatic nitrogens is 1. The second kappa shape index (κ2) is 9.55. The highest BCUT2D eigenvalue weighted by molar-refractivity contribution is 5.85. The third-order valence-electron chi connectivity index (χ3n) is 3.54. The molecule has 0 saturated carbocycles. The van der Waals surface area contributed by atoms with Crippen LogP contribution in [-0.2, 0) is 0 Å². The molecular formula is C14H22Cl2F3N3. The van der Waals surface area contributed by atoms with Gasteiger partial charge in [-0.3, -0.25) is 9.88 Å². The Balaban J connectivity index is 0.00000220. The maximum absolute atomic E-state index is 12.5. The summed E-state index contributed by atoms with van der Waals surface area (Å²) in [5.41, 5.74) is 1.59. The van der Waals surface area contributed by atoms with Gasteiger partial charge in [0.1, 0.15) is 0 Å². The van der Waals surface area contributed by atoms with E-state index < -0.39 is 12.6 Å². The molecule has 22 heavy (non-hydrogen) atoms. The van der Waals surface area contributed by atoms with Crippen LogP contribution >= 0.6 is 24.8 Å². The molecule has 0 radical (unpaired) electrons. The van der Waals surface area contributed by atoms with Gasteiger partial charge >= 0.3 is 6.18 Å². The van der Waals surface area contributed by atoms with Crippen molar-refractivity contribution in [1.82, 2.24) is 15.2 Å². The monoisotopic (exact) mass is 359 g/mol. The zero-order chi connectivity index (χ0) is 14.6. The van der Waals surface area contributed by atoms with Crippen LogP contribution in [0.2, 0.25) is 0 Å². The Bertz CT molecular complexity index is 438. The molecule has 1 aromatic heterocycles. The molecule has 0 aliphatic carbocycles. The van der Waals surface area contributed by atoms with Gasteiger partial charge in [-0.05, 0) is 25.5 Å². The maximum Gasteiger partial charge on any atom is 0.389 e. The summed E-state index contributed by atoms with van der Waals surface area (Å²) in [6, 6.07) is 5.30. The van der Waals surface area contributed by atoms with E-state index >= 15 is 0 Å². The van der Waals surface area contributed by atoms with Crippen LogP contribution in [0.1, 0.15) is 30.3 Å². The lowest BCUT2D eigenvalue weighted by atomic mass is 10.0. The normalized spacial score (nSPS) is 17.3. The number of piperazine rings is 1. The summed E-state index contributed by atoms with van der Waals surface area (Å²) in [5, 5.41) is 3.22. The minimum absolute atomic E-state index is 0. The van der Waals surface area contributed by atoms with Gasteiger partial charge < -0.3 is 5.32 Å². The molecule has 1 aliphatic heterocycles. The van der Waals surface area contributed by atoms with Crippen LogP contribution in [0.25, 0.3) is 0 Å². The molecule has 2 rings (SSSR count). The molecule has 0 bridgehead atoms. The highest BCUT2D eigenvalue weighted by Gasteiger charge is 2.31. The van der Waals surface area contributed by atoms with E-state index in [1.165, 1.54) is 0 Å². The molecule has 1 saturated heterocycles. The summed E-state index contributed by atoms with van der Waals surface area (Å²) >= 11 is 0. The first-order chi connectivity index (χ1) is 9.46. The van der Waals surface area contributed by atoms with Crippen molar-refractivity contribution >= 4 is 24.8 Å². The smallest absolute Gasteiger partial charge is 0.314 e. The second-order valence-electron chi connectivity index (χ2n) is 5.16. The molecule has 1 aromatic rings. The number of halogens is 5. The Morgan fingerprint density at radius 1 is 1.23 bits per heavy atom. The Labute approximate surface area is 141 Å². The van der Waals surface area contributed by atoms with Gasteiger partial charge in [0.15, 0.2) is 0 Å². The van der Waals surface area contributed by atoms with Crippen LogP contribution in [0.4, 0.5) is 13.2 Å². The number of rotatable bonds is 4. The summed E-state index contributed by atoms with van der Waals surface area (Å²) in [7, 11) is 0. The van der Waals surface area contributed by atoms with Gasteiger partial charge in [0, 0.05) is 38.3 Å². The molecular weight excluding hydrogens is 338 g/mol. The fourth-order valence-corrected chi connectivity index (χ4v) is 2.56. The third kappa shape index (κ3) is 6.69. The van der Waals surface area contributed by atoms with Gasteiger partial charge in [0.05, 0.1) is 11.7 Å². The minimum atomic E-state index is -4.11. The zero-order valence-corrected chi connectivity index (χ0v) is 14.0. The van der Waals surface area contributed by atoms with E-state index in [2.05, 4.69) is 15.2 Å². The first-order valence-corrected chi connectivity index (χ1v) is 6.91. The Kier molecular flexibility index (Phi) is 9.31. The second-order valence-corrected chi connectivity index (χ2v) is 5.16. The molecule has 0 spiro atoms. The maximum atomic E-state index is 12.5. The van der Waals surface area contributed by atoms with Crippen LogP contribution in [0.15, 0.2) is 18.2 Å². The molecule has 128 valence electrons. The average molecular weight is 360 g/mol. The lowest BCUT2D eigenvalue weighted by molar-refractivity contribution is -0.138. The molecule has 2 heterocycles. The summed E-state index contributed by atoms with van der Waals surface area (Å²) in [6.45, 7) is 5.01. The van der Waals surface area contributed by atoms with Crippen molar-refractivity contribution in [2.75, 3.05) is 26.2 Å². The van der Waals surface area contributed by atoms with Crippen molar-refractivity contribution in [1.29, 1.82) is 0 Å². The van der Waals surface area contributed by atoms with E-state index in [1.54, 1.807) is 0 Å². The standard InChI is InChI=1S/C14H20F3N3.2ClH/c1-11-3-2-4-12(19-11)13(5-6-14(15,16)17)20-9-7-18-8-10-20;;/h2-4,13,18H,5-10H2,1H3;2*1H/t13-;;/m1../s1. The molecule has 1 N–H and O–H groups in total. The van der Waals surface area contributed by atoms with E-state index in [1.807, 2.05) is 25.1 Å². The van der Waals surface area contributed by atoms with Crippen LogP contribution in [-0.4, -0.2) is 42.2 Å². The number of alkyl halides is 3. The average Bonchev–Trinajstić information content (AvgIpc) is 2.39. The van der Waals surface area contributed by atoms with Gasteiger partial charge in [0.25, 0.3) is 0 Å². The number of hydrogen-bond acceptors (Lipinski definition) is 3. The van der Waals surface area contributed by atoms with Crippen molar-refractivity contribution in [2.45, 2.75) is 32.0 Å². The van der Waals surface area contributed by atoms with Crippen molar-refractivity contribution in [3.8, 4) is 0 Å². The summed E-state index contributed by atoms with van der Waals surface area (Å²) in [4.78, 5) is 6.52. The largest absolute Gasteiger partial charge is 0.389 e. The van der Waals surface area contributed by atoms with Crippen LogP contribution in [0.3, 0.4) is 0 Å². The van der Waals surface area contributed by atoms with Gasteiger partial charge in [-0.25, -0.2) is 0 Å². The summed E-state index contributed by atoms with van der Waals surface area (Å²) in [6.07, 6.45) is -4.81. The molecule has 0 amide bonds. The van der Waals surface area contributed by atoms with Gasteiger partial charge in [-0.2, -0.15) is 13.2 Å². The summed E-state index contributed by atoms with van der Waals surface area (Å²) < 4.78 is 37.6. The van der Waals surface area contributed by atoms with Crippen molar-refractivity contribution in [3.63, 3.8) is 0 Å². The predicted octanol–water partition coefficient (Wildman–Crippen LogP) is 3.52. The van der Waals surface area contributed by atoms with Crippen LogP contribution in [0, 0.1) is 6.92 Å². The highest BCUT2D eigenvalue weighted by Crippen LogP contribution is 2.30. The number of nitrogens with one attached hydrogen (secondary N) is 1. The van der Waals surface area contributed by atoms with E-state index in [-0.39, 0.29) is 37.3 Å². The predicted molar refractivity (Wildman–Crippen MR) is 85.9 cm³/mol. The number of hydrogen-bond donors (Lipinski definition) is 1. The molecule has 1 aliphatic rings. The van der Waals surface area contributed by atoms with Crippen LogP contribution in [0.5, 0.6) is 0 Å². The number of aryl methyl sites for hydroxylation is 1. The molecule has 8 heteroatoms. The Morgan fingerprint density at radius 3 is 2.41 bits per heavy atom. The van der Waals surface area contributed by atoms with Gasteiger partial charge in [-0.1, -0.05) is 6.07 Å². The molecule has 1 atom stereocenters. The number of nitrogens with zero attached hydrogens (tertiary/aromatic N) is 2. The summed E-state index contributed by atoms with van der Waals surface area (Å²) in [5.74, 6) is 0. The third-order valence-corrected chi connectivity index (χ3v) is 3.54. The molecule has 3 nitrogen and oxygen atoms in total. The Hall–Kier alpha value is -0.560. The SMILES string of the molecule is Cc1cccc([C@@H](CCC(F)(F)F)N2CCNCC2)n1.Cl.Cl. The molecule has 0 aromatic carbocycles. The van der Waals surface area contributed by atoms with E-state index in [4.69, 9.17) is 0 Å². The lowest BCUT2D eigenvalue weighted by Crippen LogP contribution is -2.45. The Morgan fingerprint density at radius 2 is 1.86 bits per heavy atom. The van der Waals surface area contributed by atoms with E-state index in [9.17, 15) is 13.2 Å². The van der Waals surface area contributed by atoms with Gasteiger partial charge in [-0.15, -0.1) is 24.8 Å². The fourth-order valence-electron chi connectivity index (χ4n) is 2.56. The first kappa shape index (κ1) is 21.4. The van der Waals surface area contributed by atoms with Crippen molar-refractivity contribution < 1.29 is 13.2 Å². The van der Waals surface area contributed by atoms with E-state index in [0.717, 1.165) is 37.6 Å². The quantitative estimate of drug-likeness (QED) is 0.891. The van der Waals surface area contributed by atoms with Crippen molar-refractivity contribution in [3.05, 3.63) is 29.6 Å². The highest BCUT2D eigenvalue weighted by atomic mass is 35.5.